The SMILES string of the molecule is COc1ccc(/C=N\NC(=O)c2cccn(Cc3ccccc3Cl)c2=O)cc1OC(C)C. The van der Waals surface area contributed by atoms with Crippen LogP contribution in [0.15, 0.2) is 70.7 Å². The minimum Gasteiger partial charge on any atom is -0.493 e. The summed E-state index contributed by atoms with van der Waals surface area (Å²) in [5.41, 5.74) is 3.43. The summed E-state index contributed by atoms with van der Waals surface area (Å²) in [4.78, 5) is 25.3. The van der Waals surface area contributed by atoms with Gasteiger partial charge in [0.25, 0.3) is 11.5 Å². The quantitative estimate of drug-likeness (QED) is 0.411. The molecule has 1 amide bonds. The van der Waals surface area contributed by atoms with Crippen LogP contribution in [0.4, 0.5) is 0 Å². The molecule has 0 fully saturated rings. The first-order valence-corrected chi connectivity index (χ1v) is 10.4. The van der Waals surface area contributed by atoms with E-state index in [0.29, 0.717) is 22.1 Å². The molecule has 0 saturated carbocycles. The molecule has 8 heteroatoms. The zero-order valence-electron chi connectivity index (χ0n) is 18.0. The Bertz CT molecular complexity index is 1190. The van der Waals surface area contributed by atoms with Crippen LogP contribution in [0.5, 0.6) is 11.5 Å². The van der Waals surface area contributed by atoms with Gasteiger partial charge in [-0.05, 0) is 61.4 Å². The molecule has 0 aliphatic rings. The second-order valence-corrected chi connectivity index (χ2v) is 7.63. The van der Waals surface area contributed by atoms with Crippen LogP contribution in [0, 0.1) is 0 Å². The maximum absolute atomic E-state index is 12.8. The Balaban J connectivity index is 1.73. The smallest absolute Gasteiger partial charge is 0.276 e. The fourth-order valence-corrected chi connectivity index (χ4v) is 3.19. The molecule has 3 aromatic rings. The lowest BCUT2D eigenvalue weighted by Crippen LogP contribution is -2.31. The molecule has 0 radical (unpaired) electrons. The van der Waals surface area contributed by atoms with Crippen molar-refractivity contribution in [2.75, 3.05) is 7.11 Å². The third kappa shape index (κ3) is 5.76. The number of pyridine rings is 1. The number of hydrogen-bond acceptors (Lipinski definition) is 5. The number of carbonyl (C=O) groups excluding carboxylic acids is 1. The van der Waals surface area contributed by atoms with Crippen molar-refractivity contribution < 1.29 is 14.3 Å². The molecule has 1 aromatic heterocycles. The third-order valence-electron chi connectivity index (χ3n) is 4.49. The molecular formula is C24H24ClN3O4. The molecule has 0 unspecified atom stereocenters. The van der Waals surface area contributed by atoms with E-state index in [4.69, 9.17) is 21.1 Å². The van der Waals surface area contributed by atoms with Crippen LogP contribution in [0.25, 0.3) is 0 Å². The average Bonchev–Trinajstić information content (AvgIpc) is 2.76. The summed E-state index contributed by atoms with van der Waals surface area (Å²) in [5.74, 6) is 0.568. The van der Waals surface area contributed by atoms with Gasteiger partial charge in [-0.2, -0.15) is 5.10 Å². The maximum atomic E-state index is 12.8. The van der Waals surface area contributed by atoms with Crippen molar-refractivity contribution in [1.82, 2.24) is 9.99 Å². The van der Waals surface area contributed by atoms with Gasteiger partial charge in [0.1, 0.15) is 5.56 Å². The minimum absolute atomic E-state index is 0.0183. The number of nitrogens with one attached hydrogen (secondary N) is 1. The molecular weight excluding hydrogens is 430 g/mol. The van der Waals surface area contributed by atoms with Gasteiger partial charge in [-0.1, -0.05) is 29.8 Å². The minimum atomic E-state index is -0.605. The largest absolute Gasteiger partial charge is 0.493 e. The Labute approximate surface area is 191 Å². The Hall–Kier alpha value is -3.58. The van der Waals surface area contributed by atoms with Crippen molar-refractivity contribution in [1.29, 1.82) is 0 Å². The highest BCUT2D eigenvalue weighted by Crippen LogP contribution is 2.28. The Morgan fingerprint density at radius 1 is 1.16 bits per heavy atom. The molecule has 1 N–H and O–H groups in total. The number of carbonyl (C=O) groups is 1. The first kappa shape index (κ1) is 23.1. The van der Waals surface area contributed by atoms with Crippen molar-refractivity contribution in [3.8, 4) is 11.5 Å². The second kappa shape index (κ2) is 10.6. The summed E-state index contributed by atoms with van der Waals surface area (Å²) in [7, 11) is 1.56. The van der Waals surface area contributed by atoms with Crippen molar-refractivity contribution in [3.05, 3.63) is 92.9 Å². The van der Waals surface area contributed by atoms with Crippen LogP contribution in [0.1, 0.15) is 35.3 Å². The lowest BCUT2D eigenvalue weighted by Gasteiger charge is -2.13. The van der Waals surface area contributed by atoms with Crippen LogP contribution in [-0.4, -0.2) is 29.9 Å². The molecule has 0 spiro atoms. The van der Waals surface area contributed by atoms with Crippen LogP contribution in [0.3, 0.4) is 0 Å². The van der Waals surface area contributed by atoms with Crippen LogP contribution < -0.4 is 20.5 Å². The van der Waals surface area contributed by atoms with E-state index in [-0.39, 0.29) is 18.2 Å². The van der Waals surface area contributed by atoms with Gasteiger partial charge in [-0.3, -0.25) is 9.59 Å². The monoisotopic (exact) mass is 453 g/mol. The maximum Gasteiger partial charge on any atom is 0.276 e. The lowest BCUT2D eigenvalue weighted by atomic mass is 10.2. The van der Waals surface area contributed by atoms with Gasteiger partial charge in [-0.15, -0.1) is 0 Å². The van der Waals surface area contributed by atoms with Gasteiger partial charge >= 0.3 is 0 Å². The number of hydrazone groups is 1. The number of amides is 1. The van der Waals surface area contributed by atoms with Crippen LogP contribution in [-0.2, 0) is 6.54 Å². The van der Waals surface area contributed by atoms with E-state index >= 15 is 0 Å². The van der Waals surface area contributed by atoms with Crippen molar-refractivity contribution in [3.63, 3.8) is 0 Å². The molecule has 2 aromatic carbocycles. The van der Waals surface area contributed by atoms with Crippen LogP contribution in [0.2, 0.25) is 5.02 Å². The third-order valence-corrected chi connectivity index (χ3v) is 4.86. The summed E-state index contributed by atoms with van der Waals surface area (Å²) < 4.78 is 12.5. The van der Waals surface area contributed by atoms with Crippen molar-refractivity contribution in [2.45, 2.75) is 26.5 Å². The zero-order chi connectivity index (χ0) is 23.1. The highest BCUT2D eigenvalue weighted by Gasteiger charge is 2.12. The predicted molar refractivity (Wildman–Crippen MR) is 125 cm³/mol. The number of hydrogen-bond donors (Lipinski definition) is 1. The molecule has 7 nitrogen and oxygen atoms in total. The van der Waals surface area contributed by atoms with Crippen molar-refractivity contribution >= 4 is 23.7 Å². The van der Waals surface area contributed by atoms with Gasteiger partial charge in [0.2, 0.25) is 0 Å². The summed E-state index contributed by atoms with van der Waals surface area (Å²) in [5, 5.41) is 4.53. The number of halogens is 1. The Morgan fingerprint density at radius 2 is 1.94 bits per heavy atom. The first-order chi connectivity index (χ1) is 15.4. The van der Waals surface area contributed by atoms with E-state index in [1.807, 2.05) is 32.0 Å². The molecule has 0 aliphatic carbocycles. The lowest BCUT2D eigenvalue weighted by molar-refractivity contribution is 0.0953. The molecule has 0 aliphatic heterocycles. The number of methoxy groups -OCH3 is 1. The summed E-state index contributed by atoms with van der Waals surface area (Å²) in [6.45, 7) is 4.09. The summed E-state index contributed by atoms with van der Waals surface area (Å²) >= 11 is 6.18. The Morgan fingerprint density at radius 3 is 2.66 bits per heavy atom. The van der Waals surface area contributed by atoms with Crippen LogP contribution >= 0.6 is 11.6 Å². The molecule has 0 atom stereocenters. The highest BCUT2D eigenvalue weighted by molar-refractivity contribution is 6.31. The fourth-order valence-electron chi connectivity index (χ4n) is 2.99. The Kier molecular flexibility index (Phi) is 7.68. The van der Waals surface area contributed by atoms with E-state index < -0.39 is 11.5 Å². The van der Waals surface area contributed by atoms with Crippen molar-refractivity contribution in [2.24, 2.45) is 5.10 Å². The average molecular weight is 454 g/mol. The van der Waals surface area contributed by atoms with Gasteiger partial charge in [0.05, 0.1) is 26.0 Å². The molecule has 3 rings (SSSR count). The standard InChI is InChI=1S/C24H24ClN3O4/c1-16(2)32-22-13-17(10-11-21(22)31-3)14-26-27-23(29)19-8-6-12-28(24(19)30)15-18-7-4-5-9-20(18)25/h4-14,16H,15H2,1-3H3,(H,27,29)/b26-14-. The number of rotatable bonds is 8. The van der Waals surface area contributed by atoms with E-state index in [1.54, 1.807) is 43.6 Å². The fraction of sp³-hybridized carbons (Fsp3) is 0.208. The molecule has 0 saturated heterocycles. The van der Waals surface area contributed by atoms with E-state index in [1.165, 1.54) is 16.8 Å². The van der Waals surface area contributed by atoms with Gasteiger partial charge in [0, 0.05) is 11.2 Å². The normalized spacial score (nSPS) is 11.0. The molecule has 1 heterocycles. The number of benzene rings is 2. The second-order valence-electron chi connectivity index (χ2n) is 7.22. The topological polar surface area (TPSA) is 81.9 Å². The first-order valence-electron chi connectivity index (χ1n) is 10.00. The molecule has 32 heavy (non-hydrogen) atoms. The number of aromatic nitrogens is 1. The van der Waals surface area contributed by atoms with Gasteiger partial charge in [-0.25, -0.2) is 5.43 Å². The van der Waals surface area contributed by atoms with Gasteiger partial charge < -0.3 is 14.0 Å². The van der Waals surface area contributed by atoms with E-state index in [0.717, 1.165) is 5.56 Å². The predicted octanol–water partition coefficient (Wildman–Crippen LogP) is 4.11. The van der Waals surface area contributed by atoms with E-state index in [2.05, 4.69) is 10.5 Å². The number of nitrogens with zero attached hydrogens (tertiary/aromatic N) is 2. The number of ether oxygens (including phenoxy) is 2. The molecule has 0 bridgehead atoms. The van der Waals surface area contributed by atoms with E-state index in [9.17, 15) is 9.59 Å². The summed E-state index contributed by atoms with van der Waals surface area (Å²) in [6.07, 6.45) is 3.05. The van der Waals surface area contributed by atoms with Gasteiger partial charge in [0.15, 0.2) is 11.5 Å². The zero-order valence-corrected chi connectivity index (χ0v) is 18.8. The highest BCUT2D eigenvalue weighted by atomic mass is 35.5. The summed E-state index contributed by atoms with van der Waals surface area (Å²) in [6, 6.07) is 15.6. The molecule has 166 valence electrons.